The van der Waals surface area contributed by atoms with Gasteiger partial charge in [-0.15, -0.1) is 0 Å². The first kappa shape index (κ1) is 18.5. The van der Waals surface area contributed by atoms with Crippen molar-refractivity contribution in [3.05, 3.63) is 65.2 Å². The molecule has 130 valence electrons. The van der Waals surface area contributed by atoms with Crippen molar-refractivity contribution in [3.63, 3.8) is 0 Å². The van der Waals surface area contributed by atoms with E-state index >= 15 is 0 Å². The van der Waals surface area contributed by atoms with E-state index in [-0.39, 0.29) is 0 Å². The van der Waals surface area contributed by atoms with Gasteiger partial charge in [0, 0.05) is 12.1 Å². The Balaban J connectivity index is 1.69. The van der Waals surface area contributed by atoms with Crippen molar-refractivity contribution in [3.8, 4) is 5.75 Å². The molecule has 2 aromatic carbocycles. The standard InChI is InChI=1S/C21H30N2O/c1-16-8-5-9-19(14-16)17(2)22-12-7-13-23-18(3)20-10-6-11-21(15-20)24-4/h5-6,8-11,14-15,17-18,22-23H,7,12-13H2,1-4H3. The SMILES string of the molecule is COc1cccc(C(C)NCCCNC(C)c2cccc(C)c2)c1. The first-order valence-electron chi connectivity index (χ1n) is 8.77. The molecule has 2 unspecified atom stereocenters. The molecule has 2 atom stereocenters. The summed E-state index contributed by atoms with van der Waals surface area (Å²) in [6.45, 7) is 8.55. The summed E-state index contributed by atoms with van der Waals surface area (Å²) >= 11 is 0. The van der Waals surface area contributed by atoms with Crippen LogP contribution in [-0.4, -0.2) is 20.2 Å². The molecule has 0 aliphatic carbocycles. The van der Waals surface area contributed by atoms with Gasteiger partial charge < -0.3 is 15.4 Å². The van der Waals surface area contributed by atoms with Crippen molar-refractivity contribution in [1.82, 2.24) is 10.6 Å². The Hall–Kier alpha value is -1.84. The Kier molecular flexibility index (Phi) is 7.29. The first-order chi connectivity index (χ1) is 11.6. The summed E-state index contributed by atoms with van der Waals surface area (Å²) in [5.74, 6) is 0.912. The van der Waals surface area contributed by atoms with E-state index in [2.05, 4.69) is 67.8 Å². The number of benzene rings is 2. The van der Waals surface area contributed by atoms with Gasteiger partial charge in [-0.1, -0.05) is 42.0 Å². The zero-order valence-electron chi connectivity index (χ0n) is 15.3. The monoisotopic (exact) mass is 326 g/mol. The number of ether oxygens (including phenoxy) is 1. The van der Waals surface area contributed by atoms with Crippen LogP contribution in [0.1, 0.15) is 49.0 Å². The Morgan fingerprint density at radius 1 is 0.875 bits per heavy atom. The molecular formula is C21H30N2O. The number of hydrogen-bond acceptors (Lipinski definition) is 3. The normalized spacial score (nSPS) is 13.5. The van der Waals surface area contributed by atoms with E-state index in [9.17, 15) is 0 Å². The van der Waals surface area contributed by atoms with E-state index < -0.39 is 0 Å². The third kappa shape index (κ3) is 5.66. The molecule has 0 spiro atoms. The van der Waals surface area contributed by atoms with Crippen LogP contribution < -0.4 is 15.4 Å². The lowest BCUT2D eigenvalue weighted by molar-refractivity contribution is 0.413. The molecule has 0 aliphatic rings. The molecule has 0 bridgehead atoms. The summed E-state index contributed by atoms with van der Waals surface area (Å²) in [4.78, 5) is 0. The maximum atomic E-state index is 5.29. The van der Waals surface area contributed by atoms with Crippen molar-refractivity contribution in [2.75, 3.05) is 20.2 Å². The summed E-state index contributed by atoms with van der Waals surface area (Å²) in [7, 11) is 1.71. The van der Waals surface area contributed by atoms with Crippen molar-refractivity contribution < 1.29 is 4.74 Å². The molecule has 2 N–H and O–H groups in total. The average Bonchev–Trinajstić information content (AvgIpc) is 2.61. The zero-order valence-corrected chi connectivity index (χ0v) is 15.3. The molecule has 24 heavy (non-hydrogen) atoms. The van der Waals surface area contributed by atoms with Crippen molar-refractivity contribution >= 4 is 0 Å². The van der Waals surface area contributed by atoms with E-state index in [4.69, 9.17) is 4.74 Å². The third-order valence-electron chi connectivity index (χ3n) is 4.39. The highest BCUT2D eigenvalue weighted by Crippen LogP contribution is 2.18. The van der Waals surface area contributed by atoms with Gasteiger partial charge in [0.1, 0.15) is 5.75 Å². The quantitative estimate of drug-likeness (QED) is 0.670. The van der Waals surface area contributed by atoms with Crippen LogP contribution in [0.15, 0.2) is 48.5 Å². The second-order valence-electron chi connectivity index (χ2n) is 6.40. The topological polar surface area (TPSA) is 33.3 Å². The summed E-state index contributed by atoms with van der Waals surface area (Å²) in [5.41, 5.74) is 3.93. The van der Waals surface area contributed by atoms with Gasteiger partial charge in [-0.3, -0.25) is 0 Å². The van der Waals surface area contributed by atoms with E-state index in [1.165, 1.54) is 16.7 Å². The van der Waals surface area contributed by atoms with Gasteiger partial charge >= 0.3 is 0 Å². The maximum absolute atomic E-state index is 5.29. The van der Waals surface area contributed by atoms with Gasteiger partial charge in [-0.2, -0.15) is 0 Å². The largest absolute Gasteiger partial charge is 0.497 e. The van der Waals surface area contributed by atoms with Crippen LogP contribution >= 0.6 is 0 Å². The summed E-state index contributed by atoms with van der Waals surface area (Å²) < 4.78 is 5.29. The van der Waals surface area contributed by atoms with E-state index in [0.29, 0.717) is 12.1 Å². The molecule has 3 nitrogen and oxygen atoms in total. The highest BCUT2D eigenvalue weighted by molar-refractivity contribution is 5.30. The summed E-state index contributed by atoms with van der Waals surface area (Å²) in [5, 5.41) is 7.18. The Labute approximate surface area is 146 Å². The lowest BCUT2D eigenvalue weighted by Gasteiger charge is -2.17. The molecule has 3 heteroatoms. The number of aryl methyl sites for hydroxylation is 1. The highest BCUT2D eigenvalue weighted by Gasteiger charge is 2.06. The third-order valence-corrected chi connectivity index (χ3v) is 4.39. The summed E-state index contributed by atoms with van der Waals surface area (Å²) in [6.07, 6.45) is 1.10. The second-order valence-corrected chi connectivity index (χ2v) is 6.40. The van der Waals surface area contributed by atoms with Gasteiger partial charge in [0.05, 0.1) is 7.11 Å². The number of methoxy groups -OCH3 is 1. The summed E-state index contributed by atoms with van der Waals surface area (Å²) in [6, 6.07) is 17.7. The molecular weight excluding hydrogens is 296 g/mol. The van der Waals surface area contributed by atoms with Crippen LogP contribution in [0.3, 0.4) is 0 Å². The lowest BCUT2D eigenvalue weighted by Crippen LogP contribution is -2.25. The lowest BCUT2D eigenvalue weighted by atomic mass is 10.1. The maximum Gasteiger partial charge on any atom is 0.119 e. The van der Waals surface area contributed by atoms with Crippen LogP contribution in [0.4, 0.5) is 0 Å². The molecule has 2 rings (SSSR count). The number of nitrogens with one attached hydrogen (secondary N) is 2. The fourth-order valence-electron chi connectivity index (χ4n) is 2.81. The van der Waals surface area contributed by atoms with Gasteiger partial charge in [-0.25, -0.2) is 0 Å². The molecule has 0 saturated carbocycles. The van der Waals surface area contributed by atoms with E-state index in [1.807, 2.05) is 12.1 Å². The second kappa shape index (κ2) is 9.45. The van der Waals surface area contributed by atoms with Crippen molar-refractivity contribution in [2.24, 2.45) is 0 Å². The fraction of sp³-hybridized carbons (Fsp3) is 0.429. The molecule has 0 heterocycles. The Bertz CT molecular complexity index is 627. The zero-order chi connectivity index (χ0) is 17.4. The van der Waals surface area contributed by atoms with Crippen LogP contribution in [0.5, 0.6) is 5.75 Å². The van der Waals surface area contributed by atoms with Crippen LogP contribution in [0, 0.1) is 6.92 Å². The molecule has 0 radical (unpaired) electrons. The Morgan fingerprint density at radius 3 is 2.04 bits per heavy atom. The number of hydrogen-bond donors (Lipinski definition) is 2. The average molecular weight is 326 g/mol. The highest BCUT2D eigenvalue weighted by atomic mass is 16.5. The van der Waals surface area contributed by atoms with Gasteiger partial charge in [0.25, 0.3) is 0 Å². The predicted molar refractivity (Wildman–Crippen MR) is 102 cm³/mol. The number of rotatable bonds is 9. The van der Waals surface area contributed by atoms with Crippen LogP contribution in [0.2, 0.25) is 0 Å². The molecule has 0 amide bonds. The Morgan fingerprint density at radius 2 is 1.46 bits per heavy atom. The predicted octanol–water partition coefficient (Wildman–Crippen LogP) is 4.40. The van der Waals surface area contributed by atoms with Gasteiger partial charge in [-0.05, 0) is 63.5 Å². The molecule has 0 fully saturated rings. The first-order valence-corrected chi connectivity index (χ1v) is 8.77. The minimum Gasteiger partial charge on any atom is -0.497 e. The van der Waals surface area contributed by atoms with E-state index in [0.717, 1.165) is 25.3 Å². The molecule has 0 aromatic heterocycles. The smallest absolute Gasteiger partial charge is 0.119 e. The fourth-order valence-corrected chi connectivity index (χ4v) is 2.81. The molecule has 0 aliphatic heterocycles. The van der Waals surface area contributed by atoms with Gasteiger partial charge in [0.2, 0.25) is 0 Å². The van der Waals surface area contributed by atoms with Crippen molar-refractivity contribution in [1.29, 1.82) is 0 Å². The molecule has 0 saturated heterocycles. The van der Waals surface area contributed by atoms with Crippen LogP contribution in [-0.2, 0) is 0 Å². The minimum atomic E-state index is 0.328. The molecule has 2 aromatic rings. The van der Waals surface area contributed by atoms with Crippen LogP contribution in [0.25, 0.3) is 0 Å². The minimum absolute atomic E-state index is 0.328. The van der Waals surface area contributed by atoms with Crippen molar-refractivity contribution in [2.45, 2.75) is 39.3 Å². The van der Waals surface area contributed by atoms with Gasteiger partial charge in [0.15, 0.2) is 0 Å². The van der Waals surface area contributed by atoms with E-state index in [1.54, 1.807) is 7.11 Å².